The molecule has 2 atom stereocenters. The molecule has 0 aromatic heterocycles. The van der Waals surface area contributed by atoms with Crippen LogP contribution in [-0.2, 0) is 4.74 Å². The average Bonchev–Trinajstić information content (AvgIpc) is 1.95. The Hall–Kier alpha value is -0.0800. The lowest BCUT2D eigenvalue weighted by Gasteiger charge is -2.34. The molecule has 0 aromatic carbocycles. The van der Waals surface area contributed by atoms with Gasteiger partial charge in [0.2, 0.25) is 0 Å². The first-order valence-electron chi connectivity index (χ1n) is 3.97. The molecule has 1 saturated heterocycles. The Bertz CT molecular complexity index is 105. The molecule has 10 heavy (non-hydrogen) atoms. The third-order valence-corrected chi connectivity index (χ3v) is 2.48. The quantitative estimate of drug-likeness (QED) is 0.545. The Kier molecular flexibility index (Phi) is 2.69. The minimum atomic E-state index is 0.473. The van der Waals surface area contributed by atoms with E-state index in [0.29, 0.717) is 6.10 Å². The van der Waals surface area contributed by atoms with E-state index in [1.807, 2.05) is 0 Å². The SMILES string of the molecule is CO[C@H]1CC[C@@H](C)N(C)C1. The van der Waals surface area contributed by atoms with Crippen molar-refractivity contribution >= 4 is 0 Å². The van der Waals surface area contributed by atoms with E-state index < -0.39 is 0 Å². The normalized spacial score (nSPS) is 36.3. The van der Waals surface area contributed by atoms with Gasteiger partial charge in [-0.2, -0.15) is 0 Å². The van der Waals surface area contributed by atoms with E-state index in [-0.39, 0.29) is 0 Å². The van der Waals surface area contributed by atoms with Gasteiger partial charge in [-0.25, -0.2) is 0 Å². The summed E-state index contributed by atoms with van der Waals surface area (Å²) in [6, 6.07) is 0.742. The fourth-order valence-electron chi connectivity index (χ4n) is 1.43. The molecule has 0 spiro atoms. The zero-order valence-electron chi connectivity index (χ0n) is 7.13. The van der Waals surface area contributed by atoms with Crippen LogP contribution < -0.4 is 0 Å². The fraction of sp³-hybridized carbons (Fsp3) is 1.00. The van der Waals surface area contributed by atoms with Gasteiger partial charge >= 0.3 is 0 Å². The smallest absolute Gasteiger partial charge is 0.0698 e. The number of piperidine rings is 1. The summed E-state index contributed by atoms with van der Waals surface area (Å²) in [5.41, 5.74) is 0. The van der Waals surface area contributed by atoms with E-state index in [4.69, 9.17) is 4.74 Å². The molecule has 1 heterocycles. The van der Waals surface area contributed by atoms with Gasteiger partial charge in [0, 0.05) is 19.7 Å². The van der Waals surface area contributed by atoms with Crippen molar-refractivity contribution in [1.82, 2.24) is 4.90 Å². The third kappa shape index (κ3) is 1.70. The third-order valence-electron chi connectivity index (χ3n) is 2.48. The van der Waals surface area contributed by atoms with Crippen LogP contribution in [0.15, 0.2) is 0 Å². The predicted molar refractivity (Wildman–Crippen MR) is 42.1 cm³/mol. The highest BCUT2D eigenvalue weighted by atomic mass is 16.5. The molecule has 2 nitrogen and oxygen atoms in total. The second-order valence-electron chi connectivity index (χ2n) is 3.22. The Morgan fingerprint density at radius 3 is 2.60 bits per heavy atom. The highest BCUT2D eigenvalue weighted by molar-refractivity contribution is 4.76. The predicted octanol–water partition coefficient (Wildman–Crippen LogP) is 1.12. The van der Waals surface area contributed by atoms with Crippen LogP contribution in [0.2, 0.25) is 0 Å². The highest BCUT2D eigenvalue weighted by Crippen LogP contribution is 2.16. The molecular weight excluding hydrogens is 126 g/mol. The first kappa shape index (κ1) is 8.02. The highest BCUT2D eigenvalue weighted by Gasteiger charge is 2.21. The van der Waals surface area contributed by atoms with Gasteiger partial charge in [-0.15, -0.1) is 0 Å². The second kappa shape index (κ2) is 3.35. The maximum atomic E-state index is 5.27. The molecule has 0 aromatic rings. The van der Waals surface area contributed by atoms with Crippen molar-refractivity contribution in [3.8, 4) is 0 Å². The maximum absolute atomic E-state index is 5.27. The van der Waals surface area contributed by atoms with Gasteiger partial charge in [-0.05, 0) is 26.8 Å². The number of ether oxygens (including phenoxy) is 1. The molecule has 1 aliphatic heterocycles. The monoisotopic (exact) mass is 143 g/mol. The van der Waals surface area contributed by atoms with Gasteiger partial charge in [-0.1, -0.05) is 0 Å². The molecular formula is C8H17NO. The summed E-state index contributed by atoms with van der Waals surface area (Å²) in [7, 11) is 3.96. The Morgan fingerprint density at radius 1 is 1.40 bits per heavy atom. The van der Waals surface area contributed by atoms with E-state index in [2.05, 4.69) is 18.9 Å². The summed E-state index contributed by atoms with van der Waals surface area (Å²) in [5, 5.41) is 0. The second-order valence-corrected chi connectivity index (χ2v) is 3.22. The Morgan fingerprint density at radius 2 is 2.10 bits per heavy atom. The minimum absolute atomic E-state index is 0.473. The number of hydrogen-bond donors (Lipinski definition) is 0. The molecule has 0 amide bonds. The van der Waals surface area contributed by atoms with Gasteiger partial charge in [0.25, 0.3) is 0 Å². The number of rotatable bonds is 1. The van der Waals surface area contributed by atoms with Crippen molar-refractivity contribution in [2.24, 2.45) is 0 Å². The van der Waals surface area contributed by atoms with Crippen molar-refractivity contribution in [3.05, 3.63) is 0 Å². The molecule has 0 unspecified atom stereocenters. The largest absolute Gasteiger partial charge is 0.380 e. The van der Waals surface area contributed by atoms with Crippen LogP contribution in [0.4, 0.5) is 0 Å². The summed E-state index contributed by atoms with van der Waals surface area (Å²) in [5.74, 6) is 0. The summed E-state index contributed by atoms with van der Waals surface area (Å²) in [6.45, 7) is 3.36. The molecule has 0 aliphatic carbocycles. The summed E-state index contributed by atoms with van der Waals surface area (Å²) in [6.07, 6.45) is 2.97. The van der Waals surface area contributed by atoms with Crippen LogP contribution in [0, 0.1) is 0 Å². The number of likely N-dealkylation sites (tertiary alicyclic amines) is 1. The lowest BCUT2D eigenvalue weighted by atomic mass is 10.0. The number of likely N-dealkylation sites (N-methyl/N-ethyl adjacent to an activating group) is 1. The van der Waals surface area contributed by atoms with E-state index in [1.165, 1.54) is 12.8 Å². The van der Waals surface area contributed by atoms with Crippen molar-refractivity contribution in [1.29, 1.82) is 0 Å². The summed E-state index contributed by atoms with van der Waals surface area (Å²) in [4.78, 5) is 2.36. The zero-order valence-corrected chi connectivity index (χ0v) is 7.13. The summed E-state index contributed by atoms with van der Waals surface area (Å²) >= 11 is 0. The van der Waals surface area contributed by atoms with Crippen LogP contribution in [0.25, 0.3) is 0 Å². The van der Waals surface area contributed by atoms with Gasteiger partial charge < -0.3 is 9.64 Å². The van der Waals surface area contributed by atoms with Crippen molar-refractivity contribution in [2.45, 2.75) is 31.9 Å². The molecule has 0 N–H and O–H groups in total. The van der Waals surface area contributed by atoms with Crippen molar-refractivity contribution in [2.75, 3.05) is 20.7 Å². The molecule has 1 aliphatic rings. The first-order valence-corrected chi connectivity index (χ1v) is 3.97. The molecule has 60 valence electrons. The van der Waals surface area contributed by atoms with Crippen LogP contribution in [0.5, 0.6) is 0 Å². The maximum Gasteiger partial charge on any atom is 0.0698 e. The van der Waals surface area contributed by atoms with Gasteiger partial charge in [-0.3, -0.25) is 0 Å². The number of hydrogen-bond acceptors (Lipinski definition) is 2. The van der Waals surface area contributed by atoms with E-state index in [9.17, 15) is 0 Å². The van der Waals surface area contributed by atoms with Crippen molar-refractivity contribution < 1.29 is 4.74 Å². The van der Waals surface area contributed by atoms with Crippen LogP contribution in [0.1, 0.15) is 19.8 Å². The van der Waals surface area contributed by atoms with Gasteiger partial charge in [0.05, 0.1) is 6.10 Å². The van der Waals surface area contributed by atoms with E-state index in [1.54, 1.807) is 7.11 Å². The molecule has 1 fully saturated rings. The average molecular weight is 143 g/mol. The van der Waals surface area contributed by atoms with Crippen molar-refractivity contribution in [3.63, 3.8) is 0 Å². The molecule has 0 radical (unpaired) electrons. The lowest BCUT2D eigenvalue weighted by Crippen LogP contribution is -2.41. The van der Waals surface area contributed by atoms with Gasteiger partial charge in [0.1, 0.15) is 0 Å². The van der Waals surface area contributed by atoms with Crippen LogP contribution in [0.3, 0.4) is 0 Å². The summed E-state index contributed by atoms with van der Waals surface area (Å²) < 4.78 is 5.27. The van der Waals surface area contributed by atoms with Crippen LogP contribution >= 0.6 is 0 Å². The Balaban J connectivity index is 2.33. The molecule has 1 rings (SSSR count). The topological polar surface area (TPSA) is 12.5 Å². The standard InChI is InChI=1S/C8H17NO/c1-7-4-5-8(10-3)6-9(7)2/h7-8H,4-6H2,1-3H3/t7-,8+/m1/s1. The Labute approximate surface area is 63.2 Å². The lowest BCUT2D eigenvalue weighted by molar-refractivity contribution is 0.0212. The minimum Gasteiger partial charge on any atom is -0.380 e. The number of nitrogens with zero attached hydrogens (tertiary/aromatic N) is 1. The van der Waals surface area contributed by atoms with Gasteiger partial charge in [0.15, 0.2) is 0 Å². The molecule has 0 bridgehead atoms. The fourth-order valence-corrected chi connectivity index (χ4v) is 1.43. The molecule has 2 heteroatoms. The van der Waals surface area contributed by atoms with Crippen LogP contribution in [-0.4, -0.2) is 37.7 Å². The van der Waals surface area contributed by atoms with E-state index in [0.717, 1.165) is 12.6 Å². The number of methoxy groups -OCH3 is 1. The van der Waals surface area contributed by atoms with E-state index >= 15 is 0 Å². The zero-order chi connectivity index (χ0) is 7.56. The first-order chi connectivity index (χ1) is 4.74. The molecule has 0 saturated carbocycles.